The second kappa shape index (κ2) is 7.40. The molecule has 126 valence electrons. The van der Waals surface area contributed by atoms with Crippen molar-refractivity contribution < 1.29 is 9.18 Å². The molecule has 3 rings (SSSR count). The lowest BCUT2D eigenvalue weighted by Crippen LogP contribution is -2.44. The monoisotopic (exact) mass is 328 g/mol. The number of hydrogen-bond donors (Lipinski definition) is 1. The highest BCUT2D eigenvalue weighted by atomic mass is 19.1. The molecule has 6 heteroatoms. The average Bonchev–Trinajstić information content (AvgIpc) is 2.58. The minimum atomic E-state index is -0.369. The van der Waals surface area contributed by atoms with E-state index in [1.54, 1.807) is 30.5 Å². The first-order valence-electron chi connectivity index (χ1n) is 8.04. The third kappa shape index (κ3) is 4.08. The van der Waals surface area contributed by atoms with E-state index >= 15 is 0 Å². The number of nitrogens with one attached hydrogen (secondary N) is 1. The van der Waals surface area contributed by atoms with Crippen molar-refractivity contribution in [1.82, 2.24) is 9.88 Å². The van der Waals surface area contributed by atoms with Gasteiger partial charge in [-0.2, -0.15) is 0 Å². The molecule has 1 saturated heterocycles. The minimum Gasteiger partial charge on any atom is -0.368 e. The molecule has 5 nitrogen and oxygen atoms in total. The van der Waals surface area contributed by atoms with E-state index in [4.69, 9.17) is 0 Å². The molecule has 0 bridgehead atoms. The molecule has 2 heterocycles. The van der Waals surface area contributed by atoms with Crippen LogP contribution in [-0.2, 0) is 11.2 Å². The fourth-order valence-corrected chi connectivity index (χ4v) is 2.71. The molecule has 0 atom stereocenters. The topological polar surface area (TPSA) is 48.5 Å². The molecule has 1 N–H and O–H groups in total. The molecule has 1 amide bonds. The van der Waals surface area contributed by atoms with Crippen LogP contribution >= 0.6 is 0 Å². The Balaban J connectivity index is 1.58. The summed E-state index contributed by atoms with van der Waals surface area (Å²) in [7, 11) is 2.11. The van der Waals surface area contributed by atoms with Gasteiger partial charge in [-0.15, -0.1) is 0 Å². The molecule has 0 saturated carbocycles. The Morgan fingerprint density at radius 1 is 1.17 bits per heavy atom. The summed E-state index contributed by atoms with van der Waals surface area (Å²) in [5.41, 5.74) is 1.43. The van der Waals surface area contributed by atoms with E-state index in [0.717, 1.165) is 31.9 Å². The Morgan fingerprint density at radius 2 is 1.92 bits per heavy atom. The van der Waals surface area contributed by atoms with E-state index in [1.165, 1.54) is 6.07 Å². The molecule has 1 aliphatic rings. The second-order valence-corrected chi connectivity index (χ2v) is 6.01. The zero-order chi connectivity index (χ0) is 16.9. The molecule has 2 aromatic rings. The molecular formula is C18H21FN4O. The van der Waals surface area contributed by atoms with Gasteiger partial charge in [-0.1, -0.05) is 18.2 Å². The Labute approximate surface area is 141 Å². The van der Waals surface area contributed by atoms with E-state index < -0.39 is 0 Å². The summed E-state index contributed by atoms with van der Waals surface area (Å²) < 4.78 is 13.6. The molecule has 1 fully saturated rings. The van der Waals surface area contributed by atoms with Crippen LogP contribution in [0.5, 0.6) is 0 Å². The summed E-state index contributed by atoms with van der Waals surface area (Å²) in [5.74, 6) is -0.166. The SMILES string of the molecule is CN1CCN(c2ccc(NC(=O)Cc3ccccc3F)nc2)CC1. The van der Waals surface area contributed by atoms with Crippen molar-refractivity contribution in [3.8, 4) is 0 Å². The van der Waals surface area contributed by atoms with Crippen molar-refractivity contribution in [2.45, 2.75) is 6.42 Å². The number of rotatable bonds is 4. The maximum absolute atomic E-state index is 13.6. The average molecular weight is 328 g/mol. The molecule has 1 aliphatic heterocycles. The fourth-order valence-electron chi connectivity index (χ4n) is 2.71. The highest BCUT2D eigenvalue weighted by Crippen LogP contribution is 2.17. The molecule has 0 spiro atoms. The number of amides is 1. The molecule has 24 heavy (non-hydrogen) atoms. The van der Waals surface area contributed by atoms with Gasteiger partial charge in [0.2, 0.25) is 5.91 Å². The zero-order valence-electron chi connectivity index (χ0n) is 13.7. The van der Waals surface area contributed by atoms with E-state index in [2.05, 4.69) is 27.1 Å². The van der Waals surface area contributed by atoms with Crippen molar-refractivity contribution in [3.63, 3.8) is 0 Å². The number of likely N-dealkylation sites (N-methyl/N-ethyl adjacent to an activating group) is 1. The van der Waals surface area contributed by atoms with Gasteiger partial charge in [0.15, 0.2) is 0 Å². The lowest BCUT2D eigenvalue weighted by molar-refractivity contribution is -0.115. The number of halogens is 1. The van der Waals surface area contributed by atoms with Crippen LogP contribution in [-0.4, -0.2) is 49.0 Å². The van der Waals surface area contributed by atoms with Gasteiger partial charge in [-0.25, -0.2) is 9.37 Å². The first-order valence-corrected chi connectivity index (χ1v) is 8.04. The van der Waals surface area contributed by atoms with Gasteiger partial charge in [0, 0.05) is 26.2 Å². The number of aromatic nitrogens is 1. The summed E-state index contributed by atoms with van der Waals surface area (Å²) in [6, 6.07) is 10.0. The number of carbonyl (C=O) groups is 1. The smallest absolute Gasteiger partial charge is 0.230 e. The number of carbonyl (C=O) groups excluding carboxylic acids is 1. The highest BCUT2D eigenvalue weighted by molar-refractivity contribution is 5.91. The zero-order valence-corrected chi connectivity index (χ0v) is 13.7. The third-order valence-corrected chi connectivity index (χ3v) is 4.19. The molecule has 1 aromatic carbocycles. The Kier molecular flexibility index (Phi) is 5.05. The van der Waals surface area contributed by atoms with Gasteiger partial charge in [0.1, 0.15) is 11.6 Å². The molecular weight excluding hydrogens is 307 g/mol. The molecule has 0 aliphatic carbocycles. The number of piperazine rings is 1. The summed E-state index contributed by atoms with van der Waals surface area (Å²) >= 11 is 0. The lowest BCUT2D eigenvalue weighted by atomic mass is 10.1. The largest absolute Gasteiger partial charge is 0.368 e. The van der Waals surface area contributed by atoms with E-state index in [0.29, 0.717) is 11.4 Å². The minimum absolute atomic E-state index is 0.00539. The van der Waals surface area contributed by atoms with Crippen LogP contribution in [0.4, 0.5) is 15.9 Å². The van der Waals surface area contributed by atoms with E-state index in [9.17, 15) is 9.18 Å². The first kappa shape index (κ1) is 16.4. The fraction of sp³-hybridized carbons (Fsp3) is 0.333. The normalized spacial score (nSPS) is 15.3. The van der Waals surface area contributed by atoms with Gasteiger partial charge in [-0.3, -0.25) is 4.79 Å². The Hall–Kier alpha value is -2.47. The van der Waals surface area contributed by atoms with Crippen LogP contribution in [0.15, 0.2) is 42.6 Å². The van der Waals surface area contributed by atoms with Crippen LogP contribution in [0, 0.1) is 5.82 Å². The third-order valence-electron chi connectivity index (χ3n) is 4.19. The predicted octanol–water partition coefficient (Wildman–Crippen LogP) is 2.15. The van der Waals surface area contributed by atoms with Crippen molar-refractivity contribution in [2.24, 2.45) is 0 Å². The number of nitrogens with zero attached hydrogens (tertiary/aromatic N) is 3. The van der Waals surface area contributed by atoms with Crippen LogP contribution in [0.25, 0.3) is 0 Å². The van der Waals surface area contributed by atoms with Crippen LogP contribution in [0.2, 0.25) is 0 Å². The van der Waals surface area contributed by atoms with Crippen molar-refractivity contribution in [1.29, 1.82) is 0 Å². The van der Waals surface area contributed by atoms with Gasteiger partial charge in [0.05, 0.1) is 18.3 Å². The maximum atomic E-state index is 13.6. The summed E-state index contributed by atoms with van der Waals surface area (Å²) in [6.45, 7) is 4.00. The van der Waals surface area contributed by atoms with E-state index in [-0.39, 0.29) is 18.1 Å². The number of pyridine rings is 1. The van der Waals surface area contributed by atoms with Crippen LogP contribution in [0.3, 0.4) is 0 Å². The van der Waals surface area contributed by atoms with Gasteiger partial charge >= 0.3 is 0 Å². The summed E-state index contributed by atoms with van der Waals surface area (Å²) in [4.78, 5) is 20.9. The predicted molar refractivity (Wildman–Crippen MR) is 92.7 cm³/mol. The van der Waals surface area contributed by atoms with Crippen LogP contribution in [0.1, 0.15) is 5.56 Å². The quantitative estimate of drug-likeness (QED) is 0.934. The first-order chi connectivity index (χ1) is 11.6. The van der Waals surface area contributed by atoms with E-state index in [1.807, 2.05) is 6.07 Å². The summed E-state index contributed by atoms with van der Waals surface area (Å²) in [6.07, 6.45) is 1.76. The Morgan fingerprint density at radius 3 is 2.58 bits per heavy atom. The van der Waals surface area contributed by atoms with Gasteiger partial charge < -0.3 is 15.1 Å². The molecule has 0 radical (unpaired) electrons. The van der Waals surface area contributed by atoms with Crippen LogP contribution < -0.4 is 10.2 Å². The maximum Gasteiger partial charge on any atom is 0.230 e. The van der Waals surface area contributed by atoms with Gasteiger partial charge in [0.25, 0.3) is 0 Å². The highest BCUT2D eigenvalue weighted by Gasteiger charge is 2.15. The van der Waals surface area contributed by atoms with Gasteiger partial charge in [-0.05, 0) is 30.8 Å². The molecule has 1 aromatic heterocycles. The standard InChI is InChI=1S/C18H21FN4O/c1-22-8-10-23(11-9-22)15-6-7-17(20-13-15)21-18(24)12-14-4-2-3-5-16(14)19/h2-7,13H,8-12H2,1H3,(H,20,21,24). The summed E-state index contributed by atoms with van der Waals surface area (Å²) in [5, 5.41) is 2.71. The number of anilines is 2. The van der Waals surface area contributed by atoms with Crippen molar-refractivity contribution >= 4 is 17.4 Å². The van der Waals surface area contributed by atoms with Crippen molar-refractivity contribution in [3.05, 3.63) is 54.0 Å². The number of hydrogen-bond acceptors (Lipinski definition) is 4. The second-order valence-electron chi connectivity index (χ2n) is 6.01. The lowest BCUT2D eigenvalue weighted by Gasteiger charge is -2.33. The van der Waals surface area contributed by atoms with Crippen molar-refractivity contribution in [2.75, 3.05) is 43.4 Å². The number of benzene rings is 1. The molecule has 0 unspecified atom stereocenters. The Bertz CT molecular complexity index is 696.